The second-order valence-corrected chi connectivity index (χ2v) is 9.09. The van der Waals surface area contributed by atoms with Crippen molar-refractivity contribution in [3.05, 3.63) is 36.2 Å². The van der Waals surface area contributed by atoms with Crippen LogP contribution >= 0.6 is 0 Å². The lowest BCUT2D eigenvalue weighted by atomic mass is 9.83. The van der Waals surface area contributed by atoms with Gasteiger partial charge in [0.1, 0.15) is 5.75 Å². The van der Waals surface area contributed by atoms with Gasteiger partial charge in [0.15, 0.2) is 0 Å². The van der Waals surface area contributed by atoms with Gasteiger partial charge in [-0.05, 0) is 68.4 Å². The summed E-state index contributed by atoms with van der Waals surface area (Å²) < 4.78 is 42.7. The summed E-state index contributed by atoms with van der Waals surface area (Å²) in [6.45, 7) is 5.24. The number of halogens is 3. The quantitative estimate of drug-likeness (QED) is 0.755. The molecule has 2 fully saturated rings. The molecule has 2 atom stereocenters. The predicted molar refractivity (Wildman–Crippen MR) is 116 cm³/mol. The molecular formula is C23H29F3N4O2. The molecule has 2 aliphatic rings. The average Bonchev–Trinajstić information content (AvgIpc) is 2.74. The number of hydrogen-bond acceptors (Lipinski definition) is 4. The first-order valence-electron chi connectivity index (χ1n) is 11.1. The topological polar surface area (TPSA) is 57.7 Å². The van der Waals surface area contributed by atoms with E-state index in [1.54, 1.807) is 18.3 Å². The molecule has 9 heteroatoms. The van der Waals surface area contributed by atoms with Crippen molar-refractivity contribution < 1.29 is 22.7 Å². The Hall–Kier alpha value is -2.55. The zero-order valence-corrected chi connectivity index (χ0v) is 18.4. The van der Waals surface area contributed by atoms with E-state index in [4.69, 9.17) is 0 Å². The molecule has 0 spiro atoms. The maximum atomic E-state index is 13.0. The molecule has 2 amide bonds. The molecule has 2 aliphatic heterocycles. The van der Waals surface area contributed by atoms with Gasteiger partial charge in [0.25, 0.3) is 0 Å². The highest BCUT2D eigenvalue weighted by Crippen LogP contribution is 2.38. The van der Waals surface area contributed by atoms with E-state index in [2.05, 4.69) is 33.9 Å². The third-order valence-corrected chi connectivity index (χ3v) is 6.47. The van der Waals surface area contributed by atoms with E-state index in [-0.39, 0.29) is 29.7 Å². The lowest BCUT2D eigenvalue weighted by Gasteiger charge is -2.38. The number of nitrogens with one attached hydrogen (secondary N) is 1. The fraction of sp³-hybridized carbons (Fsp3) is 0.565. The number of ether oxygens (including phenoxy) is 1. The fourth-order valence-electron chi connectivity index (χ4n) is 4.92. The Bertz CT molecular complexity index is 960. The molecule has 1 aromatic carbocycles. The Balaban J connectivity index is 1.54. The lowest BCUT2D eigenvalue weighted by Crippen LogP contribution is -2.52. The number of carbonyl (C=O) groups excluding carboxylic acids is 1. The van der Waals surface area contributed by atoms with Crippen LogP contribution in [0.4, 0.5) is 18.0 Å². The summed E-state index contributed by atoms with van der Waals surface area (Å²) in [6, 6.07) is 4.89. The van der Waals surface area contributed by atoms with Crippen molar-refractivity contribution in [1.29, 1.82) is 0 Å². The van der Waals surface area contributed by atoms with Crippen LogP contribution in [0, 0.1) is 5.92 Å². The van der Waals surface area contributed by atoms with Crippen LogP contribution in [-0.4, -0.2) is 66.4 Å². The van der Waals surface area contributed by atoms with Crippen molar-refractivity contribution in [3.8, 4) is 5.75 Å². The number of fused-ring (bicyclic) bond motifs is 1. The number of benzene rings is 1. The number of piperidine rings is 2. The number of nitrogens with zero attached hydrogens (tertiary/aromatic N) is 3. The summed E-state index contributed by atoms with van der Waals surface area (Å²) in [6.07, 6.45) is 0.929. The molecule has 0 aliphatic carbocycles. The molecule has 3 heterocycles. The fourth-order valence-corrected chi connectivity index (χ4v) is 4.92. The Labute approximate surface area is 185 Å². The molecule has 6 nitrogen and oxygen atoms in total. The van der Waals surface area contributed by atoms with Crippen LogP contribution in [0.2, 0.25) is 0 Å². The van der Waals surface area contributed by atoms with E-state index in [0.29, 0.717) is 23.9 Å². The molecule has 2 saturated heterocycles. The monoisotopic (exact) mass is 450 g/mol. The highest BCUT2D eigenvalue weighted by molar-refractivity contribution is 5.91. The molecule has 0 saturated carbocycles. The second kappa shape index (κ2) is 9.13. The molecule has 1 aromatic heterocycles. The van der Waals surface area contributed by atoms with E-state index in [1.807, 2.05) is 4.90 Å². The Kier molecular flexibility index (Phi) is 6.46. The summed E-state index contributed by atoms with van der Waals surface area (Å²) in [7, 11) is 2.08. The van der Waals surface area contributed by atoms with Crippen LogP contribution < -0.4 is 10.1 Å². The summed E-state index contributed by atoms with van der Waals surface area (Å²) in [5, 5.41) is 4.18. The third-order valence-electron chi connectivity index (χ3n) is 6.47. The summed E-state index contributed by atoms with van der Waals surface area (Å²) in [5.41, 5.74) is 0.917. The number of carbonyl (C=O) groups is 1. The number of rotatable bonds is 3. The molecule has 0 bridgehead atoms. The minimum Gasteiger partial charge on any atom is -0.405 e. The molecule has 174 valence electrons. The van der Waals surface area contributed by atoms with Crippen LogP contribution in [-0.2, 0) is 0 Å². The minimum atomic E-state index is -4.77. The molecule has 2 aromatic rings. The second-order valence-electron chi connectivity index (χ2n) is 9.09. The Morgan fingerprint density at radius 2 is 1.91 bits per heavy atom. The first kappa shape index (κ1) is 22.6. The SMILES string of the molecule is C[C@@H]1C[C@@H](c2ccc(OC(F)(F)F)c3cnccc23)CN(C(=O)NC2CCN(C)CC2)C1. The van der Waals surface area contributed by atoms with E-state index in [1.165, 1.54) is 12.3 Å². The summed E-state index contributed by atoms with van der Waals surface area (Å²) in [5.74, 6) is 0.0388. The zero-order valence-electron chi connectivity index (χ0n) is 18.4. The molecule has 0 radical (unpaired) electrons. The number of hydrogen-bond donors (Lipinski definition) is 1. The van der Waals surface area contributed by atoms with Gasteiger partial charge in [-0.25, -0.2) is 4.79 Å². The van der Waals surface area contributed by atoms with Crippen LogP contribution in [0.3, 0.4) is 0 Å². The van der Waals surface area contributed by atoms with Crippen molar-refractivity contribution in [2.45, 2.75) is 44.5 Å². The standard InChI is InChI=1S/C23H29F3N4O2/c1-15-11-16(14-30(13-15)22(31)28-17-6-9-29(2)10-7-17)18-3-4-21(32-23(24,25)26)20-12-27-8-5-19(18)20/h3-5,8,12,15-17H,6-7,9-11,13-14H2,1-2H3,(H,28,31)/t15-,16-/m1/s1. The molecular weight excluding hydrogens is 421 g/mol. The van der Waals surface area contributed by atoms with Crippen LogP contribution in [0.15, 0.2) is 30.6 Å². The molecule has 0 unspecified atom stereocenters. The van der Waals surface area contributed by atoms with Gasteiger partial charge in [-0.1, -0.05) is 13.0 Å². The maximum absolute atomic E-state index is 13.0. The van der Waals surface area contributed by atoms with Crippen LogP contribution in [0.1, 0.15) is 37.7 Å². The summed E-state index contributed by atoms with van der Waals surface area (Å²) >= 11 is 0. The first-order chi connectivity index (χ1) is 15.2. The number of amides is 2. The number of urea groups is 1. The Morgan fingerprint density at radius 1 is 1.16 bits per heavy atom. The van der Waals surface area contributed by atoms with Gasteiger partial charge in [-0.2, -0.15) is 0 Å². The molecule has 32 heavy (non-hydrogen) atoms. The van der Waals surface area contributed by atoms with Gasteiger partial charge in [0.2, 0.25) is 0 Å². The van der Waals surface area contributed by atoms with Gasteiger partial charge in [0.05, 0.1) is 0 Å². The van der Waals surface area contributed by atoms with Crippen LogP contribution in [0.25, 0.3) is 10.8 Å². The maximum Gasteiger partial charge on any atom is 0.573 e. The predicted octanol–water partition coefficient (Wildman–Crippen LogP) is 4.36. The normalized spacial score (nSPS) is 23.3. The smallest absolute Gasteiger partial charge is 0.405 e. The van der Waals surface area contributed by atoms with Crippen molar-refractivity contribution in [2.75, 3.05) is 33.2 Å². The van der Waals surface area contributed by atoms with E-state index in [9.17, 15) is 18.0 Å². The van der Waals surface area contributed by atoms with Crippen molar-refractivity contribution in [2.24, 2.45) is 5.92 Å². The summed E-state index contributed by atoms with van der Waals surface area (Å²) in [4.78, 5) is 21.1. The number of aromatic nitrogens is 1. The van der Waals surface area contributed by atoms with Crippen LogP contribution in [0.5, 0.6) is 5.75 Å². The average molecular weight is 451 g/mol. The highest BCUT2D eigenvalue weighted by Gasteiger charge is 2.34. The third kappa shape index (κ3) is 5.26. The Morgan fingerprint density at radius 3 is 2.62 bits per heavy atom. The van der Waals surface area contributed by atoms with Gasteiger partial charge in [0, 0.05) is 42.8 Å². The van der Waals surface area contributed by atoms with E-state index < -0.39 is 6.36 Å². The van der Waals surface area contributed by atoms with Gasteiger partial charge in [-0.15, -0.1) is 13.2 Å². The largest absolute Gasteiger partial charge is 0.573 e. The van der Waals surface area contributed by atoms with E-state index >= 15 is 0 Å². The first-order valence-corrected chi connectivity index (χ1v) is 11.1. The van der Waals surface area contributed by atoms with Gasteiger partial charge in [-0.3, -0.25) is 4.98 Å². The zero-order chi connectivity index (χ0) is 22.9. The number of likely N-dealkylation sites (tertiary alicyclic amines) is 2. The number of pyridine rings is 1. The number of alkyl halides is 3. The van der Waals surface area contributed by atoms with Crippen molar-refractivity contribution in [1.82, 2.24) is 20.1 Å². The van der Waals surface area contributed by atoms with Crippen molar-refractivity contribution >= 4 is 16.8 Å². The van der Waals surface area contributed by atoms with Gasteiger partial charge < -0.3 is 19.9 Å². The van der Waals surface area contributed by atoms with E-state index in [0.717, 1.165) is 37.9 Å². The van der Waals surface area contributed by atoms with Crippen molar-refractivity contribution in [3.63, 3.8) is 0 Å². The highest BCUT2D eigenvalue weighted by atomic mass is 19.4. The molecule has 4 rings (SSSR count). The minimum absolute atomic E-state index is 0.0202. The van der Waals surface area contributed by atoms with Gasteiger partial charge >= 0.3 is 12.4 Å². The molecule has 1 N–H and O–H groups in total. The lowest BCUT2D eigenvalue weighted by molar-refractivity contribution is -0.274.